The summed E-state index contributed by atoms with van der Waals surface area (Å²) >= 11 is 0. The standard InChI is InChI=1S/C13H25NO3S/c15-11-3-4-12-18(16,17)14-9-7-13(8-10-14)5-1-2-6-13/h15H,1-12H2. The molecule has 0 bridgehead atoms. The summed E-state index contributed by atoms with van der Waals surface area (Å²) in [5, 5.41) is 8.70. The van der Waals surface area contributed by atoms with Gasteiger partial charge in [0.1, 0.15) is 0 Å². The molecule has 2 rings (SSSR count). The first-order valence-corrected chi connectivity index (χ1v) is 8.78. The molecule has 18 heavy (non-hydrogen) atoms. The second-order valence-corrected chi connectivity index (χ2v) is 7.94. The summed E-state index contributed by atoms with van der Waals surface area (Å²) in [5.41, 5.74) is 0.469. The number of hydrogen-bond donors (Lipinski definition) is 1. The van der Waals surface area contributed by atoms with Gasteiger partial charge in [-0.1, -0.05) is 12.8 Å². The van der Waals surface area contributed by atoms with E-state index < -0.39 is 10.0 Å². The maximum Gasteiger partial charge on any atom is 0.214 e. The molecule has 1 heterocycles. The van der Waals surface area contributed by atoms with Crippen molar-refractivity contribution in [2.75, 3.05) is 25.4 Å². The Morgan fingerprint density at radius 2 is 1.61 bits per heavy atom. The first-order chi connectivity index (χ1) is 8.58. The zero-order valence-electron chi connectivity index (χ0n) is 11.1. The molecule has 1 saturated carbocycles. The van der Waals surface area contributed by atoms with Gasteiger partial charge >= 0.3 is 0 Å². The van der Waals surface area contributed by atoms with Crippen LogP contribution < -0.4 is 0 Å². The summed E-state index contributed by atoms with van der Waals surface area (Å²) in [6.07, 6.45) is 8.49. The van der Waals surface area contributed by atoms with Crippen LogP contribution in [0.15, 0.2) is 0 Å². The number of sulfonamides is 1. The molecular weight excluding hydrogens is 250 g/mol. The number of nitrogens with zero attached hydrogens (tertiary/aromatic N) is 1. The van der Waals surface area contributed by atoms with Crippen molar-refractivity contribution < 1.29 is 13.5 Å². The SMILES string of the molecule is O=S(=O)(CCCCO)N1CCC2(CCCC2)CC1. The van der Waals surface area contributed by atoms with Crippen molar-refractivity contribution in [3.63, 3.8) is 0 Å². The van der Waals surface area contributed by atoms with E-state index in [9.17, 15) is 8.42 Å². The van der Waals surface area contributed by atoms with Crippen molar-refractivity contribution >= 4 is 10.0 Å². The van der Waals surface area contributed by atoms with Crippen molar-refractivity contribution in [1.82, 2.24) is 4.31 Å². The highest BCUT2D eigenvalue weighted by Crippen LogP contribution is 2.46. The van der Waals surface area contributed by atoms with Gasteiger partial charge in [-0.05, 0) is 43.9 Å². The molecule has 1 spiro atoms. The number of aliphatic hydroxyl groups is 1. The van der Waals surface area contributed by atoms with Crippen LogP contribution in [0, 0.1) is 5.41 Å². The lowest BCUT2D eigenvalue weighted by Crippen LogP contribution is -2.43. The number of piperidine rings is 1. The second kappa shape index (κ2) is 5.88. The average Bonchev–Trinajstić information content (AvgIpc) is 2.78. The van der Waals surface area contributed by atoms with Crippen LogP contribution in [0.4, 0.5) is 0 Å². The zero-order valence-corrected chi connectivity index (χ0v) is 11.9. The minimum absolute atomic E-state index is 0.0820. The van der Waals surface area contributed by atoms with Gasteiger partial charge in [0.2, 0.25) is 10.0 Å². The van der Waals surface area contributed by atoms with E-state index in [2.05, 4.69) is 0 Å². The van der Waals surface area contributed by atoms with E-state index in [0.29, 0.717) is 31.3 Å². The Hall–Kier alpha value is -0.130. The van der Waals surface area contributed by atoms with Gasteiger partial charge in [0.05, 0.1) is 5.75 Å². The Kier molecular flexibility index (Phi) is 4.67. The van der Waals surface area contributed by atoms with Gasteiger partial charge in [0.15, 0.2) is 0 Å². The number of aliphatic hydroxyl groups excluding tert-OH is 1. The van der Waals surface area contributed by atoms with E-state index in [0.717, 1.165) is 12.8 Å². The van der Waals surface area contributed by atoms with E-state index in [1.807, 2.05) is 0 Å². The minimum atomic E-state index is -3.08. The van der Waals surface area contributed by atoms with E-state index >= 15 is 0 Å². The van der Waals surface area contributed by atoms with E-state index in [-0.39, 0.29) is 12.4 Å². The lowest BCUT2D eigenvalue weighted by Gasteiger charge is -2.38. The molecule has 1 saturated heterocycles. The topological polar surface area (TPSA) is 57.6 Å². The monoisotopic (exact) mass is 275 g/mol. The summed E-state index contributed by atoms with van der Waals surface area (Å²) in [6, 6.07) is 0. The molecule has 0 aromatic carbocycles. The van der Waals surface area contributed by atoms with Gasteiger partial charge in [-0.2, -0.15) is 0 Å². The molecule has 5 heteroatoms. The van der Waals surface area contributed by atoms with Crippen LogP contribution in [0.1, 0.15) is 51.4 Å². The Morgan fingerprint density at radius 1 is 1.00 bits per heavy atom. The lowest BCUT2D eigenvalue weighted by molar-refractivity contribution is 0.160. The molecule has 0 radical (unpaired) electrons. The molecular formula is C13H25NO3S. The molecule has 1 aliphatic carbocycles. The summed E-state index contributed by atoms with van der Waals surface area (Å²) in [4.78, 5) is 0. The first-order valence-electron chi connectivity index (χ1n) is 7.17. The van der Waals surface area contributed by atoms with E-state index in [4.69, 9.17) is 5.11 Å². The fourth-order valence-corrected chi connectivity index (χ4v) is 4.96. The summed E-state index contributed by atoms with van der Waals surface area (Å²) in [6.45, 7) is 1.50. The van der Waals surface area contributed by atoms with E-state index in [1.165, 1.54) is 25.7 Å². The van der Waals surface area contributed by atoms with Crippen LogP contribution >= 0.6 is 0 Å². The molecule has 0 atom stereocenters. The fraction of sp³-hybridized carbons (Fsp3) is 1.00. The average molecular weight is 275 g/mol. The third-order valence-electron chi connectivity index (χ3n) is 4.65. The molecule has 2 fully saturated rings. The molecule has 0 amide bonds. The normalized spacial score (nSPS) is 24.7. The maximum absolute atomic E-state index is 12.1. The Morgan fingerprint density at radius 3 is 2.17 bits per heavy atom. The Balaban J connectivity index is 1.84. The van der Waals surface area contributed by atoms with Gasteiger partial charge in [0.25, 0.3) is 0 Å². The Labute approximate surface area is 110 Å². The van der Waals surface area contributed by atoms with Gasteiger partial charge in [-0.15, -0.1) is 0 Å². The predicted molar refractivity (Wildman–Crippen MR) is 71.8 cm³/mol. The van der Waals surface area contributed by atoms with Gasteiger partial charge in [-0.3, -0.25) is 0 Å². The molecule has 1 N–H and O–H groups in total. The summed E-state index contributed by atoms with van der Waals surface area (Å²) in [7, 11) is -3.08. The van der Waals surface area contributed by atoms with Crippen molar-refractivity contribution in [1.29, 1.82) is 0 Å². The predicted octanol–water partition coefficient (Wildman–Crippen LogP) is 1.74. The summed E-state index contributed by atoms with van der Waals surface area (Å²) < 4.78 is 25.9. The van der Waals surface area contributed by atoms with Crippen LogP contribution in [0.5, 0.6) is 0 Å². The van der Waals surface area contributed by atoms with Gasteiger partial charge < -0.3 is 5.11 Å². The van der Waals surface area contributed by atoms with Gasteiger partial charge in [0, 0.05) is 19.7 Å². The van der Waals surface area contributed by atoms with Crippen LogP contribution in [-0.4, -0.2) is 43.3 Å². The van der Waals surface area contributed by atoms with Crippen LogP contribution in [-0.2, 0) is 10.0 Å². The van der Waals surface area contributed by atoms with E-state index in [1.54, 1.807) is 4.31 Å². The first kappa shape index (κ1) is 14.3. The van der Waals surface area contributed by atoms with Gasteiger partial charge in [-0.25, -0.2) is 12.7 Å². The lowest BCUT2D eigenvalue weighted by atomic mass is 9.78. The van der Waals surface area contributed by atoms with Crippen LogP contribution in [0.3, 0.4) is 0 Å². The molecule has 106 valence electrons. The highest BCUT2D eigenvalue weighted by molar-refractivity contribution is 7.89. The third kappa shape index (κ3) is 3.25. The fourth-order valence-electron chi connectivity index (χ4n) is 3.39. The largest absolute Gasteiger partial charge is 0.396 e. The molecule has 0 aromatic heterocycles. The highest BCUT2D eigenvalue weighted by atomic mass is 32.2. The number of hydrogen-bond acceptors (Lipinski definition) is 3. The minimum Gasteiger partial charge on any atom is -0.396 e. The molecule has 0 unspecified atom stereocenters. The Bertz CT molecular complexity index is 350. The molecule has 1 aliphatic heterocycles. The second-order valence-electron chi connectivity index (χ2n) is 5.85. The van der Waals surface area contributed by atoms with Crippen LogP contribution in [0.25, 0.3) is 0 Å². The van der Waals surface area contributed by atoms with Crippen molar-refractivity contribution in [2.45, 2.75) is 51.4 Å². The maximum atomic E-state index is 12.1. The number of rotatable bonds is 5. The van der Waals surface area contributed by atoms with Crippen molar-refractivity contribution in [2.24, 2.45) is 5.41 Å². The van der Waals surface area contributed by atoms with Crippen molar-refractivity contribution in [3.05, 3.63) is 0 Å². The smallest absolute Gasteiger partial charge is 0.214 e. The summed E-state index contributed by atoms with van der Waals surface area (Å²) in [5.74, 6) is 0.195. The van der Waals surface area contributed by atoms with Crippen LogP contribution in [0.2, 0.25) is 0 Å². The number of unbranched alkanes of at least 4 members (excludes halogenated alkanes) is 1. The molecule has 2 aliphatic rings. The zero-order chi connectivity index (χ0) is 13.1. The highest BCUT2D eigenvalue weighted by Gasteiger charge is 2.39. The van der Waals surface area contributed by atoms with Crippen molar-refractivity contribution in [3.8, 4) is 0 Å². The quantitative estimate of drug-likeness (QED) is 0.778. The third-order valence-corrected chi connectivity index (χ3v) is 6.61. The molecule has 4 nitrogen and oxygen atoms in total. The molecule has 0 aromatic rings.